The molecular weight excluding hydrogens is 190 g/mol. The number of allylic oxidation sites excluding steroid dienone is 1. The number of carbonyl (C=O) groups is 2. The first-order chi connectivity index (χ1) is 6.24. The van der Waals surface area contributed by atoms with Crippen LogP contribution in [0.5, 0.6) is 0 Å². The third-order valence-electron chi connectivity index (χ3n) is 1.69. The Morgan fingerprint density at radius 2 is 2.15 bits per heavy atom. The van der Waals surface area contributed by atoms with E-state index in [0.29, 0.717) is 4.88 Å². The van der Waals surface area contributed by atoms with Crippen molar-refractivity contribution in [1.29, 1.82) is 0 Å². The van der Waals surface area contributed by atoms with E-state index in [0.717, 1.165) is 11.5 Å². The Labute approximate surface area is 77.4 Å². The topological polar surface area (TPSA) is 85.1 Å². The fraction of sp³-hybridized carbons (Fsp3) is 0. The van der Waals surface area contributed by atoms with Gasteiger partial charge in [-0.2, -0.15) is 4.37 Å². The summed E-state index contributed by atoms with van der Waals surface area (Å²) < 4.78 is 3.88. The molecule has 0 aromatic carbocycles. The zero-order valence-corrected chi connectivity index (χ0v) is 7.22. The first kappa shape index (κ1) is 8.09. The lowest BCUT2D eigenvalue weighted by atomic mass is 10.0. The van der Waals surface area contributed by atoms with Crippen molar-refractivity contribution < 1.29 is 9.59 Å². The lowest BCUT2D eigenvalue weighted by Gasteiger charge is -2.02. The van der Waals surface area contributed by atoms with Gasteiger partial charge in [0.05, 0.1) is 10.4 Å². The number of nitrogen functional groups attached to an aromatic ring is 1. The van der Waals surface area contributed by atoms with Gasteiger partial charge in [-0.3, -0.25) is 9.59 Å². The van der Waals surface area contributed by atoms with Crippen molar-refractivity contribution in [3.8, 4) is 0 Å². The van der Waals surface area contributed by atoms with Gasteiger partial charge < -0.3 is 5.43 Å². The van der Waals surface area contributed by atoms with Crippen molar-refractivity contribution >= 4 is 35.0 Å². The van der Waals surface area contributed by atoms with Crippen molar-refractivity contribution in [2.24, 2.45) is 5.84 Å². The Balaban J connectivity index is 2.63. The third-order valence-corrected chi connectivity index (χ3v) is 2.50. The van der Waals surface area contributed by atoms with Crippen LogP contribution in [-0.4, -0.2) is 15.9 Å². The van der Waals surface area contributed by atoms with E-state index in [-0.39, 0.29) is 11.4 Å². The molecule has 0 fully saturated rings. The van der Waals surface area contributed by atoms with E-state index in [9.17, 15) is 9.59 Å². The molecule has 1 aromatic heterocycles. The lowest BCUT2D eigenvalue weighted by molar-refractivity contribution is -0.110. The summed E-state index contributed by atoms with van der Waals surface area (Å²) in [4.78, 5) is 23.0. The first-order valence-electron chi connectivity index (χ1n) is 3.47. The second-order valence-corrected chi connectivity index (χ2v) is 3.25. The molecule has 0 spiro atoms. The Morgan fingerprint density at radius 1 is 1.38 bits per heavy atom. The van der Waals surface area contributed by atoms with Crippen LogP contribution in [0.2, 0.25) is 0 Å². The van der Waals surface area contributed by atoms with Crippen molar-refractivity contribution in [2.75, 3.05) is 5.43 Å². The summed E-state index contributed by atoms with van der Waals surface area (Å²) in [7, 11) is 0. The van der Waals surface area contributed by atoms with E-state index in [1.165, 1.54) is 6.08 Å². The van der Waals surface area contributed by atoms with E-state index in [1.807, 2.05) is 0 Å². The number of ketones is 2. The summed E-state index contributed by atoms with van der Waals surface area (Å²) in [5.41, 5.74) is 2.56. The molecule has 0 aliphatic heterocycles. The molecule has 0 saturated heterocycles. The van der Waals surface area contributed by atoms with E-state index >= 15 is 0 Å². The molecule has 5 nitrogen and oxygen atoms in total. The van der Waals surface area contributed by atoms with Gasteiger partial charge in [-0.05, 0) is 23.7 Å². The van der Waals surface area contributed by atoms with E-state index in [2.05, 4.69) is 9.80 Å². The number of nitrogens with two attached hydrogens (primary N) is 1. The van der Waals surface area contributed by atoms with Crippen molar-refractivity contribution in [3.63, 3.8) is 0 Å². The fourth-order valence-corrected chi connectivity index (χ4v) is 1.83. The number of aromatic nitrogens is 1. The molecule has 0 unspecified atom stereocenters. The molecule has 2 rings (SSSR count). The highest BCUT2D eigenvalue weighted by atomic mass is 32.1. The number of hydrogen-bond donors (Lipinski definition) is 2. The van der Waals surface area contributed by atoms with Crippen LogP contribution in [0, 0.1) is 0 Å². The number of carbonyl (C=O) groups excluding carboxylic acids is 2. The number of nitrogens with zero attached hydrogens (tertiary/aromatic N) is 1. The normalized spacial score (nSPS) is 14.5. The monoisotopic (exact) mass is 195 g/mol. The van der Waals surface area contributed by atoms with E-state index in [1.54, 1.807) is 6.08 Å². The summed E-state index contributed by atoms with van der Waals surface area (Å²) in [5, 5.41) is 0. The maximum atomic E-state index is 11.3. The van der Waals surface area contributed by atoms with Crippen molar-refractivity contribution in [1.82, 2.24) is 4.37 Å². The van der Waals surface area contributed by atoms with Gasteiger partial charge in [-0.25, -0.2) is 5.84 Å². The second-order valence-electron chi connectivity index (χ2n) is 2.44. The minimum atomic E-state index is -0.556. The Morgan fingerprint density at radius 3 is 2.85 bits per heavy atom. The summed E-state index contributed by atoms with van der Waals surface area (Å²) >= 11 is 1.13. The summed E-state index contributed by atoms with van der Waals surface area (Å²) in [6.45, 7) is 0. The molecule has 1 aliphatic carbocycles. The first-order valence-corrected chi connectivity index (χ1v) is 4.24. The number of hydrogen-bond acceptors (Lipinski definition) is 6. The Bertz CT molecular complexity index is 421. The molecule has 0 amide bonds. The predicted octanol–water partition coefficient (Wildman–Crippen LogP) is 0.207. The molecule has 3 N–H and O–H groups in total. The van der Waals surface area contributed by atoms with Crippen molar-refractivity contribution in [3.05, 3.63) is 16.5 Å². The highest BCUT2D eigenvalue weighted by Crippen LogP contribution is 2.27. The number of Topliss-reactive ketones (excluding diaryl/α,β-unsaturated/α-hetero) is 1. The third kappa shape index (κ3) is 1.07. The molecule has 66 valence electrons. The number of anilines is 1. The molecule has 0 atom stereocenters. The molecule has 13 heavy (non-hydrogen) atoms. The van der Waals surface area contributed by atoms with Gasteiger partial charge in [0, 0.05) is 0 Å². The number of hydrazine groups is 1. The van der Waals surface area contributed by atoms with Crippen LogP contribution >= 0.6 is 11.5 Å². The Kier molecular flexibility index (Phi) is 1.71. The van der Waals surface area contributed by atoms with Gasteiger partial charge in [-0.15, -0.1) is 0 Å². The Hall–Kier alpha value is -1.53. The number of nitrogens with one attached hydrogen (secondary N) is 1. The smallest absolute Gasteiger partial charge is 0.238 e. The van der Waals surface area contributed by atoms with Gasteiger partial charge in [0.25, 0.3) is 0 Å². The summed E-state index contributed by atoms with van der Waals surface area (Å²) in [6, 6.07) is 0. The second kappa shape index (κ2) is 2.75. The highest BCUT2D eigenvalue weighted by Gasteiger charge is 2.26. The highest BCUT2D eigenvalue weighted by molar-refractivity contribution is 7.07. The predicted molar refractivity (Wildman–Crippen MR) is 48.3 cm³/mol. The maximum absolute atomic E-state index is 11.3. The van der Waals surface area contributed by atoms with Crippen LogP contribution in [0.1, 0.15) is 15.2 Å². The lowest BCUT2D eigenvalue weighted by Crippen LogP contribution is -2.18. The number of fused-ring (bicyclic) bond motifs is 1. The standard InChI is InChI=1S/C7H5N3O2S/c8-9-7-5-4(13-10-7)2-1-3(11)6(5)12/h1-2H,8H2,(H,9,10). The quantitative estimate of drug-likeness (QED) is 0.380. The summed E-state index contributed by atoms with van der Waals surface area (Å²) in [6.07, 6.45) is 2.81. The van der Waals surface area contributed by atoms with Crippen LogP contribution in [-0.2, 0) is 4.79 Å². The molecule has 0 saturated carbocycles. The van der Waals surface area contributed by atoms with Gasteiger partial charge in [0.1, 0.15) is 0 Å². The molecule has 0 bridgehead atoms. The van der Waals surface area contributed by atoms with Crippen LogP contribution in [0.3, 0.4) is 0 Å². The molecule has 6 heteroatoms. The molecule has 1 heterocycles. The van der Waals surface area contributed by atoms with Crippen LogP contribution < -0.4 is 11.3 Å². The van der Waals surface area contributed by atoms with E-state index in [4.69, 9.17) is 5.84 Å². The largest absolute Gasteiger partial charge is 0.307 e. The van der Waals surface area contributed by atoms with Crippen LogP contribution in [0.4, 0.5) is 5.82 Å². The minimum Gasteiger partial charge on any atom is -0.307 e. The maximum Gasteiger partial charge on any atom is 0.238 e. The SMILES string of the molecule is NNc1nsc2c1C(=O)C(=O)C=C2. The summed E-state index contributed by atoms with van der Waals surface area (Å²) in [5.74, 6) is 4.30. The van der Waals surface area contributed by atoms with Gasteiger partial charge in [0.2, 0.25) is 11.6 Å². The molecule has 0 radical (unpaired) electrons. The van der Waals surface area contributed by atoms with Crippen molar-refractivity contribution in [2.45, 2.75) is 0 Å². The van der Waals surface area contributed by atoms with Gasteiger partial charge in [0.15, 0.2) is 5.82 Å². The number of rotatable bonds is 1. The van der Waals surface area contributed by atoms with Crippen LogP contribution in [0.25, 0.3) is 6.08 Å². The van der Waals surface area contributed by atoms with E-state index < -0.39 is 11.6 Å². The van der Waals surface area contributed by atoms with Gasteiger partial charge in [-0.1, -0.05) is 0 Å². The average Bonchev–Trinajstić information content (AvgIpc) is 2.55. The molecule has 1 aliphatic rings. The van der Waals surface area contributed by atoms with Gasteiger partial charge >= 0.3 is 0 Å². The molecule has 1 aromatic rings. The average molecular weight is 195 g/mol. The fourth-order valence-electron chi connectivity index (χ4n) is 1.08. The minimum absolute atomic E-state index is 0.266. The zero-order valence-electron chi connectivity index (χ0n) is 6.40. The zero-order chi connectivity index (χ0) is 9.42. The molecular formula is C7H5N3O2S. The van der Waals surface area contributed by atoms with Crippen LogP contribution in [0.15, 0.2) is 6.08 Å².